The maximum absolute atomic E-state index is 6.69. The van der Waals surface area contributed by atoms with Crippen molar-refractivity contribution in [1.29, 1.82) is 0 Å². The second kappa shape index (κ2) is 9.54. The minimum absolute atomic E-state index is 0.289. The van der Waals surface area contributed by atoms with Crippen molar-refractivity contribution in [3.05, 3.63) is 95.3 Å². The molecule has 0 unspecified atom stereocenters. The molecule has 6 rings (SSSR count). The zero-order chi connectivity index (χ0) is 25.4. The average molecular weight is 497 g/mol. The minimum Gasteiger partial charge on any atom is -0.494 e. The molecule has 0 aliphatic carbocycles. The van der Waals surface area contributed by atoms with Gasteiger partial charge in [-0.2, -0.15) is 10.1 Å². The molecule has 8 heteroatoms. The Kier molecular flexibility index (Phi) is 5.92. The first-order valence-electron chi connectivity index (χ1n) is 12.4. The van der Waals surface area contributed by atoms with E-state index >= 15 is 0 Å². The normalized spacial score (nSPS) is 17.6. The monoisotopic (exact) mass is 496 g/mol. The van der Waals surface area contributed by atoms with Gasteiger partial charge in [0.2, 0.25) is 5.95 Å². The molecule has 0 spiro atoms. The number of nitrogens with one attached hydrogen (secondary N) is 1. The van der Waals surface area contributed by atoms with E-state index in [-0.39, 0.29) is 12.1 Å². The van der Waals surface area contributed by atoms with E-state index in [0.717, 1.165) is 39.5 Å². The highest BCUT2D eigenvalue weighted by Gasteiger charge is 2.41. The molecule has 3 aromatic carbocycles. The number of fused-ring (bicyclic) bond motifs is 3. The van der Waals surface area contributed by atoms with Gasteiger partial charge in [0.15, 0.2) is 11.5 Å². The summed E-state index contributed by atoms with van der Waals surface area (Å²) in [4.78, 5) is 4.51. The summed E-state index contributed by atoms with van der Waals surface area (Å²) in [6.07, 6.45) is 1.20. The van der Waals surface area contributed by atoms with Crippen molar-refractivity contribution < 1.29 is 18.9 Å². The van der Waals surface area contributed by atoms with Crippen LogP contribution in [0.5, 0.6) is 23.0 Å². The Bertz CT molecular complexity index is 1460. The smallest absolute Gasteiger partial charge is 0.226 e. The molecule has 8 nitrogen and oxygen atoms in total. The Labute approximate surface area is 215 Å². The summed E-state index contributed by atoms with van der Waals surface area (Å²) in [5.41, 5.74) is 4.99. The lowest BCUT2D eigenvalue weighted by Crippen LogP contribution is -2.32. The van der Waals surface area contributed by atoms with Gasteiger partial charge in [0.25, 0.3) is 0 Å². The molecule has 1 N–H and O–H groups in total. The van der Waals surface area contributed by atoms with Crippen LogP contribution in [0.3, 0.4) is 0 Å². The summed E-state index contributed by atoms with van der Waals surface area (Å²) < 4.78 is 25.7. The third-order valence-corrected chi connectivity index (χ3v) is 6.62. The fraction of sp³-hybridized carbons (Fsp3) is 0.241. The highest BCUT2D eigenvalue weighted by atomic mass is 16.5. The molecule has 2 aliphatic rings. The summed E-state index contributed by atoms with van der Waals surface area (Å²) in [5.74, 6) is 3.66. The number of anilines is 1. The van der Waals surface area contributed by atoms with Crippen molar-refractivity contribution in [1.82, 2.24) is 14.8 Å². The number of rotatable bonds is 7. The number of methoxy groups -OCH3 is 1. The van der Waals surface area contributed by atoms with E-state index in [9.17, 15) is 0 Å². The van der Waals surface area contributed by atoms with Crippen LogP contribution in [0.2, 0.25) is 0 Å². The lowest BCUT2D eigenvalue weighted by Gasteiger charge is -2.39. The molecule has 0 saturated carbocycles. The van der Waals surface area contributed by atoms with E-state index in [0.29, 0.717) is 30.7 Å². The first-order valence-corrected chi connectivity index (χ1v) is 12.4. The summed E-state index contributed by atoms with van der Waals surface area (Å²) in [7, 11) is 1.65. The van der Waals surface area contributed by atoms with Gasteiger partial charge in [-0.05, 0) is 61.4 Å². The van der Waals surface area contributed by atoms with Crippen LogP contribution in [-0.2, 0) is 0 Å². The quantitative estimate of drug-likeness (QED) is 0.354. The molecule has 0 radical (unpaired) electrons. The summed E-state index contributed by atoms with van der Waals surface area (Å²) >= 11 is 0. The van der Waals surface area contributed by atoms with E-state index in [4.69, 9.17) is 18.9 Å². The lowest BCUT2D eigenvalue weighted by molar-refractivity contribution is 0.222. The second-order valence-electron chi connectivity index (χ2n) is 8.73. The molecule has 2 atom stereocenters. The summed E-state index contributed by atoms with van der Waals surface area (Å²) in [6.45, 7) is 5.10. The van der Waals surface area contributed by atoms with E-state index in [2.05, 4.69) is 39.7 Å². The summed E-state index contributed by atoms with van der Waals surface area (Å²) in [5, 5.41) is 8.14. The molecule has 0 bridgehead atoms. The van der Waals surface area contributed by atoms with Gasteiger partial charge in [0, 0.05) is 11.1 Å². The maximum atomic E-state index is 6.69. The third kappa shape index (κ3) is 3.94. The number of ether oxygens (including phenoxy) is 4. The van der Waals surface area contributed by atoms with Crippen LogP contribution in [0.15, 0.2) is 78.6 Å². The predicted octanol–water partition coefficient (Wildman–Crippen LogP) is 5.64. The molecule has 188 valence electrons. The van der Waals surface area contributed by atoms with Crippen molar-refractivity contribution in [2.45, 2.75) is 26.0 Å². The topological polar surface area (TPSA) is 79.7 Å². The van der Waals surface area contributed by atoms with Crippen LogP contribution in [0.1, 0.15) is 42.7 Å². The molecule has 0 saturated heterocycles. The van der Waals surface area contributed by atoms with Crippen LogP contribution >= 0.6 is 0 Å². The van der Waals surface area contributed by atoms with Crippen molar-refractivity contribution >= 4 is 11.6 Å². The minimum atomic E-state index is -0.368. The molecule has 4 aromatic rings. The van der Waals surface area contributed by atoms with Crippen LogP contribution in [0.4, 0.5) is 5.95 Å². The zero-order valence-corrected chi connectivity index (χ0v) is 21.0. The van der Waals surface area contributed by atoms with E-state index in [1.165, 1.54) is 0 Å². The molecule has 0 amide bonds. The van der Waals surface area contributed by atoms with Gasteiger partial charge < -0.3 is 24.3 Å². The highest BCUT2D eigenvalue weighted by molar-refractivity contribution is 5.85. The van der Waals surface area contributed by atoms with Gasteiger partial charge in [-0.25, -0.2) is 4.68 Å². The standard InChI is InChI=1S/C29H28N4O4/c1-4-35-20-13-10-18(11-14-20)28-25-26(21-8-6-7-9-22(21)37-28)32-29-30-17-31-33(29)27(25)19-12-15-23(36-5-2)24(16-19)34-3/h6-17,27-28H,4-5H2,1-3H3,(H,30,31,32)/t27-,28-/m0/s1. The van der Waals surface area contributed by atoms with Crippen LogP contribution in [-0.4, -0.2) is 35.1 Å². The molecular weight excluding hydrogens is 468 g/mol. The van der Waals surface area contributed by atoms with Gasteiger partial charge in [-0.1, -0.05) is 30.3 Å². The van der Waals surface area contributed by atoms with Crippen molar-refractivity contribution in [2.75, 3.05) is 25.6 Å². The van der Waals surface area contributed by atoms with Gasteiger partial charge in [-0.15, -0.1) is 0 Å². The van der Waals surface area contributed by atoms with Crippen molar-refractivity contribution in [3.63, 3.8) is 0 Å². The maximum Gasteiger partial charge on any atom is 0.226 e. The number of para-hydroxylation sites is 1. The Morgan fingerprint density at radius 3 is 2.49 bits per heavy atom. The van der Waals surface area contributed by atoms with Gasteiger partial charge in [0.1, 0.15) is 30.0 Å². The second-order valence-corrected chi connectivity index (χ2v) is 8.73. The first kappa shape index (κ1) is 23.0. The lowest BCUT2D eigenvalue weighted by atomic mass is 9.84. The highest BCUT2D eigenvalue weighted by Crippen LogP contribution is 2.51. The van der Waals surface area contributed by atoms with Crippen LogP contribution in [0.25, 0.3) is 5.70 Å². The van der Waals surface area contributed by atoms with Crippen LogP contribution < -0.4 is 24.3 Å². The fourth-order valence-electron chi connectivity index (χ4n) is 5.05. The first-order chi connectivity index (χ1) is 18.2. The Balaban J connectivity index is 1.55. The van der Waals surface area contributed by atoms with E-state index in [1.54, 1.807) is 13.4 Å². The number of nitrogens with zero attached hydrogens (tertiary/aromatic N) is 3. The summed E-state index contributed by atoms with van der Waals surface area (Å²) in [6, 6.07) is 21.8. The van der Waals surface area contributed by atoms with E-state index < -0.39 is 0 Å². The molecule has 2 aliphatic heterocycles. The van der Waals surface area contributed by atoms with Gasteiger partial charge >= 0.3 is 0 Å². The van der Waals surface area contributed by atoms with Gasteiger partial charge in [-0.3, -0.25) is 0 Å². The Hall–Kier alpha value is -4.46. The van der Waals surface area contributed by atoms with Crippen molar-refractivity contribution in [3.8, 4) is 23.0 Å². The van der Waals surface area contributed by atoms with Crippen molar-refractivity contribution in [2.24, 2.45) is 0 Å². The molecular formula is C29H28N4O4. The Morgan fingerprint density at radius 2 is 1.70 bits per heavy atom. The zero-order valence-electron chi connectivity index (χ0n) is 21.0. The SMILES string of the molecule is CCOc1ccc([C@@H]2Oc3ccccc3C3=C2[C@H](c2ccc(OCC)c(OC)c2)n2ncnc2N3)cc1. The molecule has 37 heavy (non-hydrogen) atoms. The van der Waals surface area contributed by atoms with Crippen LogP contribution in [0, 0.1) is 0 Å². The fourth-order valence-corrected chi connectivity index (χ4v) is 5.05. The predicted molar refractivity (Wildman–Crippen MR) is 140 cm³/mol. The third-order valence-electron chi connectivity index (χ3n) is 6.62. The average Bonchev–Trinajstić information content (AvgIpc) is 3.41. The van der Waals surface area contributed by atoms with E-state index in [1.807, 2.05) is 61.0 Å². The molecule has 0 fully saturated rings. The molecule has 1 aromatic heterocycles. The largest absolute Gasteiger partial charge is 0.494 e. The number of hydrogen-bond donors (Lipinski definition) is 1. The number of hydrogen-bond acceptors (Lipinski definition) is 7. The van der Waals surface area contributed by atoms with Gasteiger partial charge in [0.05, 0.1) is 26.0 Å². The number of aromatic nitrogens is 3. The Morgan fingerprint density at radius 1 is 0.919 bits per heavy atom. The number of benzene rings is 3. The molecule has 3 heterocycles.